The second-order valence-electron chi connectivity index (χ2n) is 8.11. The van der Waals surface area contributed by atoms with E-state index in [9.17, 15) is 16.8 Å². The number of hydrogen-bond donors (Lipinski definition) is 1. The molecule has 0 atom stereocenters. The molecule has 0 spiro atoms. The molecule has 34 heavy (non-hydrogen) atoms. The largest absolute Gasteiger partial charge is 0.280 e. The molecule has 1 saturated heterocycles. The fraction of sp³-hybridized carbons (Fsp3) is 0.167. The molecule has 1 N–H and O–H groups in total. The van der Waals surface area contributed by atoms with Gasteiger partial charge in [-0.15, -0.1) is 0 Å². The van der Waals surface area contributed by atoms with Crippen LogP contribution >= 0.6 is 0 Å². The number of sulfonamides is 2. The second-order valence-corrected chi connectivity index (χ2v) is 11.8. The average molecular weight is 495 g/mol. The van der Waals surface area contributed by atoms with Crippen LogP contribution in [-0.2, 0) is 20.0 Å². The Bertz CT molecular complexity index is 1600. The van der Waals surface area contributed by atoms with Gasteiger partial charge in [0.2, 0.25) is 10.0 Å². The van der Waals surface area contributed by atoms with Gasteiger partial charge in [0.05, 0.1) is 33.1 Å². The van der Waals surface area contributed by atoms with Crippen molar-refractivity contribution < 1.29 is 16.8 Å². The molecule has 0 aliphatic carbocycles. The number of rotatable bonds is 5. The van der Waals surface area contributed by atoms with E-state index in [1.165, 1.54) is 28.6 Å². The van der Waals surface area contributed by atoms with E-state index in [1.807, 2.05) is 37.3 Å². The third kappa shape index (κ3) is 4.22. The number of pyridine rings is 2. The zero-order valence-electron chi connectivity index (χ0n) is 18.3. The molecule has 1 fully saturated rings. The molecular weight excluding hydrogens is 472 g/mol. The van der Waals surface area contributed by atoms with Crippen LogP contribution in [-0.4, -0.2) is 39.1 Å². The molecule has 0 amide bonds. The van der Waals surface area contributed by atoms with E-state index in [2.05, 4.69) is 14.7 Å². The standard InChI is InChI=1S/C24H22N4O4S2/c1-17-5-6-18(16-21(17)22-11-12-23-24(26-22)4-2-13-25-23)27-34(31,32)20-9-7-19(8-10-20)28-14-3-15-33(28,29)30/h2,4-13,16,27H,3,14-15H2,1H3. The van der Waals surface area contributed by atoms with Crippen LogP contribution in [0.5, 0.6) is 0 Å². The Balaban J connectivity index is 1.42. The van der Waals surface area contributed by atoms with E-state index in [0.29, 0.717) is 24.3 Å². The molecule has 0 radical (unpaired) electrons. The van der Waals surface area contributed by atoms with Crippen molar-refractivity contribution in [3.8, 4) is 11.3 Å². The number of benzene rings is 2. The lowest BCUT2D eigenvalue weighted by atomic mass is 10.0. The Kier molecular flexibility index (Phi) is 5.49. The smallest absolute Gasteiger partial charge is 0.261 e. The quantitative estimate of drug-likeness (QED) is 0.450. The summed E-state index contributed by atoms with van der Waals surface area (Å²) in [4.78, 5) is 9.00. The number of anilines is 2. The predicted octanol–water partition coefficient (Wildman–Crippen LogP) is 3.95. The first-order chi connectivity index (χ1) is 16.2. The van der Waals surface area contributed by atoms with Crippen molar-refractivity contribution >= 4 is 42.5 Å². The van der Waals surface area contributed by atoms with Crippen LogP contribution in [0.4, 0.5) is 11.4 Å². The maximum absolute atomic E-state index is 13.0. The number of aromatic nitrogens is 2. The second kappa shape index (κ2) is 8.37. The first kappa shape index (κ1) is 22.3. The Morgan fingerprint density at radius 2 is 1.76 bits per heavy atom. The average Bonchev–Trinajstić information content (AvgIpc) is 3.19. The molecule has 1 aliphatic rings. The third-order valence-corrected chi connectivity index (χ3v) is 9.02. The summed E-state index contributed by atoms with van der Waals surface area (Å²) in [5.41, 5.74) is 4.88. The minimum absolute atomic E-state index is 0.0462. The van der Waals surface area contributed by atoms with Gasteiger partial charge in [0, 0.05) is 24.0 Å². The van der Waals surface area contributed by atoms with Gasteiger partial charge in [-0.25, -0.2) is 21.8 Å². The Hall–Kier alpha value is -3.50. The van der Waals surface area contributed by atoms with Gasteiger partial charge in [0.25, 0.3) is 10.0 Å². The topological polar surface area (TPSA) is 109 Å². The monoisotopic (exact) mass is 494 g/mol. The lowest BCUT2D eigenvalue weighted by Crippen LogP contribution is -2.25. The summed E-state index contributed by atoms with van der Waals surface area (Å²) in [6.45, 7) is 2.34. The molecule has 0 bridgehead atoms. The highest BCUT2D eigenvalue weighted by Gasteiger charge is 2.28. The van der Waals surface area contributed by atoms with Gasteiger partial charge in [0.1, 0.15) is 0 Å². The van der Waals surface area contributed by atoms with E-state index in [-0.39, 0.29) is 10.6 Å². The number of aryl methyl sites for hydroxylation is 1. The maximum Gasteiger partial charge on any atom is 0.261 e. The molecule has 3 heterocycles. The Labute approximate surface area is 198 Å². The van der Waals surface area contributed by atoms with Crippen molar-refractivity contribution in [2.45, 2.75) is 18.2 Å². The van der Waals surface area contributed by atoms with Crippen molar-refractivity contribution in [2.75, 3.05) is 21.3 Å². The van der Waals surface area contributed by atoms with E-state index in [1.54, 1.807) is 18.3 Å². The Morgan fingerprint density at radius 1 is 0.971 bits per heavy atom. The number of nitrogens with one attached hydrogen (secondary N) is 1. The van der Waals surface area contributed by atoms with E-state index >= 15 is 0 Å². The zero-order valence-corrected chi connectivity index (χ0v) is 20.0. The fourth-order valence-corrected chi connectivity index (χ4v) is 6.62. The molecule has 2 aromatic heterocycles. The molecule has 5 rings (SSSR count). The fourth-order valence-electron chi connectivity index (χ4n) is 4.00. The number of hydrogen-bond acceptors (Lipinski definition) is 6. The number of nitrogens with zero attached hydrogens (tertiary/aromatic N) is 3. The van der Waals surface area contributed by atoms with E-state index in [0.717, 1.165) is 27.9 Å². The lowest BCUT2D eigenvalue weighted by molar-refractivity contribution is 0.599. The summed E-state index contributed by atoms with van der Waals surface area (Å²) in [6.07, 6.45) is 2.27. The van der Waals surface area contributed by atoms with Gasteiger partial charge in [-0.2, -0.15) is 0 Å². The van der Waals surface area contributed by atoms with Crippen LogP contribution in [0.2, 0.25) is 0 Å². The van der Waals surface area contributed by atoms with Gasteiger partial charge in [-0.3, -0.25) is 14.0 Å². The van der Waals surface area contributed by atoms with Gasteiger partial charge in [0.15, 0.2) is 0 Å². The summed E-state index contributed by atoms with van der Waals surface area (Å²) in [5.74, 6) is 0.104. The zero-order chi connectivity index (χ0) is 23.9. The highest BCUT2D eigenvalue weighted by Crippen LogP contribution is 2.29. The van der Waals surface area contributed by atoms with Crippen LogP contribution < -0.4 is 9.03 Å². The van der Waals surface area contributed by atoms with Crippen LogP contribution in [0.15, 0.2) is 77.8 Å². The first-order valence-electron chi connectivity index (χ1n) is 10.7. The van der Waals surface area contributed by atoms with Crippen molar-refractivity contribution in [2.24, 2.45) is 0 Å². The van der Waals surface area contributed by atoms with Gasteiger partial charge >= 0.3 is 0 Å². The van der Waals surface area contributed by atoms with Crippen LogP contribution in [0, 0.1) is 6.92 Å². The summed E-state index contributed by atoms with van der Waals surface area (Å²) in [7, 11) is -7.20. The summed E-state index contributed by atoms with van der Waals surface area (Å²) >= 11 is 0. The van der Waals surface area contributed by atoms with E-state index < -0.39 is 20.0 Å². The highest BCUT2D eigenvalue weighted by atomic mass is 32.2. The van der Waals surface area contributed by atoms with Crippen molar-refractivity contribution in [3.05, 3.63) is 78.5 Å². The Morgan fingerprint density at radius 3 is 2.50 bits per heavy atom. The summed E-state index contributed by atoms with van der Waals surface area (Å²) < 4.78 is 54.2. The van der Waals surface area contributed by atoms with Crippen LogP contribution in [0.25, 0.3) is 22.3 Å². The van der Waals surface area contributed by atoms with Crippen molar-refractivity contribution in [3.63, 3.8) is 0 Å². The normalized spacial score (nSPS) is 15.5. The summed E-state index contributed by atoms with van der Waals surface area (Å²) in [5, 5.41) is 0. The summed E-state index contributed by atoms with van der Waals surface area (Å²) in [6, 6.07) is 18.6. The molecule has 1 aliphatic heterocycles. The molecule has 4 aromatic rings. The SMILES string of the molecule is Cc1ccc(NS(=O)(=O)c2ccc(N3CCCS3(=O)=O)cc2)cc1-c1ccc2ncccc2n1. The molecule has 8 nitrogen and oxygen atoms in total. The molecule has 0 saturated carbocycles. The van der Waals surface area contributed by atoms with Gasteiger partial charge in [-0.1, -0.05) is 6.07 Å². The van der Waals surface area contributed by atoms with Gasteiger partial charge < -0.3 is 0 Å². The van der Waals surface area contributed by atoms with Crippen LogP contribution in [0.3, 0.4) is 0 Å². The molecule has 0 unspecified atom stereocenters. The van der Waals surface area contributed by atoms with Crippen LogP contribution in [0.1, 0.15) is 12.0 Å². The molecular formula is C24H22N4O4S2. The first-order valence-corrected chi connectivity index (χ1v) is 13.8. The van der Waals surface area contributed by atoms with Gasteiger partial charge in [-0.05, 0) is 79.6 Å². The van der Waals surface area contributed by atoms with Crippen molar-refractivity contribution in [1.29, 1.82) is 0 Å². The molecule has 2 aromatic carbocycles. The highest BCUT2D eigenvalue weighted by molar-refractivity contribution is 7.93. The maximum atomic E-state index is 13.0. The molecule has 10 heteroatoms. The number of fused-ring (bicyclic) bond motifs is 1. The minimum Gasteiger partial charge on any atom is -0.280 e. The minimum atomic E-state index is -3.88. The predicted molar refractivity (Wildman–Crippen MR) is 133 cm³/mol. The molecule has 174 valence electrons. The van der Waals surface area contributed by atoms with Crippen molar-refractivity contribution in [1.82, 2.24) is 9.97 Å². The third-order valence-electron chi connectivity index (χ3n) is 5.76. The van der Waals surface area contributed by atoms with E-state index in [4.69, 9.17) is 0 Å². The lowest BCUT2D eigenvalue weighted by Gasteiger charge is -2.17.